The van der Waals surface area contributed by atoms with Gasteiger partial charge in [-0.15, -0.1) is 0 Å². The van der Waals surface area contributed by atoms with E-state index in [1.54, 1.807) is 23.9 Å². The van der Waals surface area contributed by atoms with E-state index in [1.807, 2.05) is 49.5 Å². The smallest absolute Gasteiger partial charge is 0.133 e. The largest absolute Gasteiger partial charge is 0.508 e. The second-order valence-corrected chi connectivity index (χ2v) is 6.35. The molecule has 3 rings (SSSR count). The Labute approximate surface area is 139 Å². The summed E-state index contributed by atoms with van der Waals surface area (Å²) in [6.45, 7) is 2.00. The summed E-state index contributed by atoms with van der Waals surface area (Å²) >= 11 is 1.60. The maximum atomic E-state index is 9.34. The van der Waals surface area contributed by atoms with Crippen LogP contribution in [-0.4, -0.2) is 15.1 Å². The molecular weight excluding hydrogens is 306 g/mol. The summed E-state index contributed by atoms with van der Waals surface area (Å²) in [5.41, 5.74) is 8.58. The van der Waals surface area contributed by atoms with Crippen molar-refractivity contribution in [3.63, 3.8) is 0 Å². The first-order valence-electron chi connectivity index (χ1n) is 7.24. The van der Waals surface area contributed by atoms with Crippen LogP contribution in [0.5, 0.6) is 5.75 Å². The molecule has 0 spiro atoms. The Bertz CT molecular complexity index is 802. The molecule has 1 aromatic heterocycles. The molecule has 5 heteroatoms. The van der Waals surface area contributed by atoms with Crippen LogP contribution in [0.25, 0.3) is 0 Å². The Hall–Kier alpha value is -2.53. The number of hydrogen-bond acceptors (Lipinski definition) is 5. The van der Waals surface area contributed by atoms with Crippen LogP contribution in [-0.2, 0) is 6.42 Å². The van der Waals surface area contributed by atoms with Crippen LogP contribution in [0.2, 0.25) is 0 Å². The molecule has 0 fully saturated rings. The monoisotopic (exact) mass is 323 g/mol. The second-order valence-electron chi connectivity index (χ2n) is 5.29. The number of phenols is 1. The lowest BCUT2D eigenvalue weighted by molar-refractivity contribution is 0.475. The first-order chi connectivity index (χ1) is 11.1. The van der Waals surface area contributed by atoms with Gasteiger partial charge in [0, 0.05) is 23.2 Å². The SMILES string of the molecule is Cc1cnc(Cc2ccc(O)cc2)nc1Sc1ccc(N)cc1. The van der Waals surface area contributed by atoms with Gasteiger partial charge in [-0.05, 0) is 54.4 Å². The Kier molecular flexibility index (Phi) is 4.48. The van der Waals surface area contributed by atoms with Crippen LogP contribution in [0.4, 0.5) is 5.69 Å². The highest BCUT2D eigenvalue weighted by Gasteiger charge is 2.07. The van der Waals surface area contributed by atoms with Crippen molar-refractivity contribution in [1.29, 1.82) is 0 Å². The fourth-order valence-electron chi connectivity index (χ4n) is 2.09. The van der Waals surface area contributed by atoms with Gasteiger partial charge in [0.2, 0.25) is 0 Å². The van der Waals surface area contributed by atoms with Crippen molar-refractivity contribution < 1.29 is 5.11 Å². The molecule has 0 amide bonds. The minimum atomic E-state index is 0.262. The molecule has 0 aliphatic rings. The molecule has 0 radical (unpaired) electrons. The van der Waals surface area contributed by atoms with Gasteiger partial charge in [-0.25, -0.2) is 9.97 Å². The van der Waals surface area contributed by atoms with E-state index in [4.69, 9.17) is 5.73 Å². The van der Waals surface area contributed by atoms with Crippen molar-refractivity contribution in [2.45, 2.75) is 23.3 Å². The standard InChI is InChI=1S/C18H17N3OS/c1-12-11-20-17(10-13-2-6-15(22)7-3-13)21-18(12)23-16-8-4-14(19)5-9-16/h2-9,11,22H,10,19H2,1H3. The van der Waals surface area contributed by atoms with E-state index < -0.39 is 0 Å². The van der Waals surface area contributed by atoms with E-state index in [2.05, 4.69) is 9.97 Å². The molecule has 4 nitrogen and oxygen atoms in total. The van der Waals surface area contributed by atoms with Gasteiger partial charge in [-0.2, -0.15) is 0 Å². The zero-order chi connectivity index (χ0) is 16.2. The summed E-state index contributed by atoms with van der Waals surface area (Å²) in [6, 6.07) is 14.9. The third-order valence-electron chi connectivity index (χ3n) is 3.37. The van der Waals surface area contributed by atoms with Crippen LogP contribution in [0.15, 0.2) is 64.6 Å². The van der Waals surface area contributed by atoms with Gasteiger partial charge in [-0.3, -0.25) is 0 Å². The van der Waals surface area contributed by atoms with Gasteiger partial charge < -0.3 is 10.8 Å². The first-order valence-corrected chi connectivity index (χ1v) is 8.05. The van der Waals surface area contributed by atoms with E-state index in [-0.39, 0.29) is 5.75 Å². The molecule has 1 heterocycles. The van der Waals surface area contributed by atoms with Gasteiger partial charge in [0.1, 0.15) is 16.6 Å². The van der Waals surface area contributed by atoms with Gasteiger partial charge in [0.15, 0.2) is 0 Å². The fourth-order valence-corrected chi connectivity index (χ4v) is 2.95. The average Bonchev–Trinajstić information content (AvgIpc) is 2.55. The molecule has 0 unspecified atom stereocenters. The number of hydrogen-bond donors (Lipinski definition) is 2. The summed E-state index contributed by atoms with van der Waals surface area (Å²) in [5.74, 6) is 1.03. The van der Waals surface area contributed by atoms with Gasteiger partial charge in [0.05, 0.1) is 0 Å². The molecule has 23 heavy (non-hydrogen) atoms. The van der Waals surface area contributed by atoms with Crippen molar-refractivity contribution in [3.05, 3.63) is 71.7 Å². The average molecular weight is 323 g/mol. The minimum absolute atomic E-state index is 0.262. The number of nitrogens with two attached hydrogens (primary N) is 1. The molecule has 3 aromatic rings. The van der Waals surface area contributed by atoms with E-state index >= 15 is 0 Å². The highest BCUT2D eigenvalue weighted by atomic mass is 32.2. The molecule has 116 valence electrons. The van der Waals surface area contributed by atoms with Crippen molar-refractivity contribution in [3.8, 4) is 5.75 Å². The zero-order valence-corrected chi connectivity index (χ0v) is 13.5. The number of aryl methyl sites for hydroxylation is 1. The number of aromatic nitrogens is 2. The number of rotatable bonds is 4. The van der Waals surface area contributed by atoms with Crippen LogP contribution < -0.4 is 5.73 Å². The lowest BCUT2D eigenvalue weighted by Crippen LogP contribution is -1.99. The predicted molar refractivity (Wildman–Crippen MR) is 92.7 cm³/mol. The van der Waals surface area contributed by atoms with Gasteiger partial charge in [0.25, 0.3) is 0 Å². The maximum absolute atomic E-state index is 9.34. The molecule has 3 N–H and O–H groups in total. The number of phenolic OH excluding ortho intramolecular Hbond substituents is 1. The van der Waals surface area contributed by atoms with Crippen molar-refractivity contribution in [1.82, 2.24) is 9.97 Å². The Morgan fingerprint density at radius 3 is 2.43 bits per heavy atom. The molecule has 0 saturated carbocycles. The summed E-state index contributed by atoms with van der Waals surface area (Å²) in [7, 11) is 0. The number of nitrogens with zero attached hydrogens (tertiary/aromatic N) is 2. The van der Waals surface area contributed by atoms with E-state index in [0.717, 1.165) is 32.6 Å². The lowest BCUT2D eigenvalue weighted by Gasteiger charge is -2.07. The number of nitrogen functional groups attached to an aromatic ring is 1. The highest BCUT2D eigenvalue weighted by Crippen LogP contribution is 2.29. The Morgan fingerprint density at radius 1 is 1.04 bits per heavy atom. The van der Waals surface area contributed by atoms with Crippen molar-refractivity contribution >= 4 is 17.4 Å². The van der Waals surface area contributed by atoms with Gasteiger partial charge >= 0.3 is 0 Å². The quantitative estimate of drug-likeness (QED) is 0.564. The third kappa shape index (κ3) is 4.02. The number of anilines is 1. The van der Waals surface area contributed by atoms with Crippen molar-refractivity contribution in [2.24, 2.45) is 0 Å². The number of aromatic hydroxyl groups is 1. The summed E-state index contributed by atoms with van der Waals surface area (Å²) in [5, 5.41) is 10.3. The Morgan fingerprint density at radius 2 is 1.74 bits per heavy atom. The summed E-state index contributed by atoms with van der Waals surface area (Å²) < 4.78 is 0. The number of benzene rings is 2. The lowest BCUT2D eigenvalue weighted by atomic mass is 10.1. The van der Waals surface area contributed by atoms with E-state index in [9.17, 15) is 5.11 Å². The van der Waals surface area contributed by atoms with E-state index in [0.29, 0.717) is 6.42 Å². The molecule has 0 saturated heterocycles. The normalized spacial score (nSPS) is 10.7. The molecular formula is C18H17N3OS. The summed E-state index contributed by atoms with van der Waals surface area (Å²) in [6.07, 6.45) is 2.48. The highest BCUT2D eigenvalue weighted by molar-refractivity contribution is 7.99. The van der Waals surface area contributed by atoms with E-state index in [1.165, 1.54) is 0 Å². The van der Waals surface area contributed by atoms with Crippen LogP contribution in [0, 0.1) is 6.92 Å². The second kappa shape index (κ2) is 6.71. The van der Waals surface area contributed by atoms with Crippen LogP contribution in [0.3, 0.4) is 0 Å². The molecule has 0 aliphatic carbocycles. The first kappa shape index (κ1) is 15.4. The van der Waals surface area contributed by atoms with Crippen molar-refractivity contribution in [2.75, 3.05) is 5.73 Å². The molecule has 0 aliphatic heterocycles. The van der Waals surface area contributed by atoms with Crippen LogP contribution >= 0.6 is 11.8 Å². The third-order valence-corrected chi connectivity index (χ3v) is 4.48. The Balaban J connectivity index is 1.81. The molecule has 2 aromatic carbocycles. The topological polar surface area (TPSA) is 72.0 Å². The molecule has 0 bridgehead atoms. The fraction of sp³-hybridized carbons (Fsp3) is 0.111. The van der Waals surface area contributed by atoms with Crippen LogP contribution in [0.1, 0.15) is 17.0 Å². The maximum Gasteiger partial charge on any atom is 0.133 e. The zero-order valence-electron chi connectivity index (χ0n) is 12.7. The molecule has 0 atom stereocenters. The predicted octanol–water partition coefficient (Wildman–Crippen LogP) is 3.81. The van der Waals surface area contributed by atoms with Gasteiger partial charge in [-0.1, -0.05) is 23.9 Å². The minimum Gasteiger partial charge on any atom is -0.508 e. The summed E-state index contributed by atoms with van der Waals surface area (Å²) in [4.78, 5) is 10.2.